The smallest absolute Gasteiger partial charge is 0.273 e. The van der Waals surface area contributed by atoms with Crippen LogP contribution in [0.5, 0.6) is 5.75 Å². The van der Waals surface area contributed by atoms with E-state index in [0.717, 1.165) is 44.0 Å². The van der Waals surface area contributed by atoms with E-state index < -0.39 is 0 Å². The summed E-state index contributed by atoms with van der Waals surface area (Å²) in [5.41, 5.74) is 3.81. The van der Waals surface area contributed by atoms with Crippen molar-refractivity contribution in [3.05, 3.63) is 83.1 Å². The molecule has 0 saturated carbocycles. The summed E-state index contributed by atoms with van der Waals surface area (Å²) >= 11 is 0. The number of aromatic nitrogens is 1. The molecule has 4 rings (SSSR count). The van der Waals surface area contributed by atoms with E-state index in [9.17, 15) is 4.79 Å². The van der Waals surface area contributed by atoms with Crippen molar-refractivity contribution in [3.63, 3.8) is 0 Å². The van der Waals surface area contributed by atoms with Gasteiger partial charge in [-0.1, -0.05) is 42.0 Å². The van der Waals surface area contributed by atoms with Crippen LogP contribution in [0.1, 0.15) is 33.1 Å². The molecule has 0 bridgehead atoms. The Morgan fingerprint density at radius 3 is 2.50 bits per heavy atom. The van der Waals surface area contributed by atoms with Crippen LogP contribution in [0.25, 0.3) is 0 Å². The van der Waals surface area contributed by atoms with E-state index >= 15 is 0 Å². The van der Waals surface area contributed by atoms with Gasteiger partial charge in [-0.2, -0.15) is 0 Å². The summed E-state index contributed by atoms with van der Waals surface area (Å²) in [5.74, 6) is 1.25. The van der Waals surface area contributed by atoms with Crippen molar-refractivity contribution in [3.8, 4) is 5.75 Å². The number of ether oxygens (including phenoxy) is 1. The fraction of sp³-hybridized carbons (Fsp3) is 0.360. The Bertz CT molecular complexity index is 1040. The maximum atomic E-state index is 12.4. The number of hydrogen-bond acceptors (Lipinski definition) is 6. The number of methoxy groups -OCH3 is 1. The number of aryl methyl sites for hydroxylation is 1. The first kappa shape index (κ1) is 22.0. The molecule has 1 N–H and O–H groups in total. The van der Waals surface area contributed by atoms with Crippen LogP contribution in [0.3, 0.4) is 0 Å². The van der Waals surface area contributed by atoms with Crippen molar-refractivity contribution in [1.82, 2.24) is 20.1 Å². The number of nitrogens with one attached hydrogen (secondary N) is 1. The number of carbonyl (C=O) groups excluding carboxylic acids is 1. The molecule has 0 radical (unpaired) electrons. The minimum absolute atomic E-state index is 0.218. The van der Waals surface area contributed by atoms with Gasteiger partial charge >= 0.3 is 0 Å². The first-order valence-electron chi connectivity index (χ1n) is 10.9. The van der Waals surface area contributed by atoms with E-state index in [4.69, 9.17) is 9.15 Å². The Hall–Kier alpha value is -3.16. The Kier molecular flexibility index (Phi) is 7.19. The number of hydrogen-bond donors (Lipinski definition) is 1. The minimum atomic E-state index is -0.218. The zero-order valence-corrected chi connectivity index (χ0v) is 18.7. The van der Waals surface area contributed by atoms with Gasteiger partial charge in [-0.15, -0.1) is 0 Å². The summed E-state index contributed by atoms with van der Waals surface area (Å²) in [6, 6.07) is 16.3. The van der Waals surface area contributed by atoms with Crippen LogP contribution >= 0.6 is 0 Å². The number of piperazine rings is 1. The van der Waals surface area contributed by atoms with E-state index in [1.807, 2.05) is 37.3 Å². The van der Waals surface area contributed by atoms with Crippen LogP contribution in [0.2, 0.25) is 0 Å². The maximum Gasteiger partial charge on any atom is 0.273 e. The average Bonchev–Trinajstić information content (AvgIpc) is 3.27. The highest BCUT2D eigenvalue weighted by Gasteiger charge is 2.20. The molecule has 32 heavy (non-hydrogen) atoms. The standard InChI is InChI=1S/C25H30N4O3/c1-19-5-3-6-20(13-19)15-26-25(30)23-18-32-24(27-23)17-29-11-9-28(10-12-29)16-21-7-4-8-22(14-21)31-2/h3-8,13-14,18H,9-12,15-17H2,1-2H3,(H,26,30). The van der Waals surface area contributed by atoms with E-state index in [2.05, 4.69) is 38.3 Å². The van der Waals surface area contributed by atoms with Crippen LogP contribution in [0, 0.1) is 6.92 Å². The van der Waals surface area contributed by atoms with E-state index in [0.29, 0.717) is 24.7 Å². The van der Waals surface area contributed by atoms with E-state index in [1.54, 1.807) is 7.11 Å². The van der Waals surface area contributed by atoms with Crippen molar-refractivity contribution in [2.24, 2.45) is 0 Å². The average molecular weight is 435 g/mol. The number of carbonyl (C=O) groups is 1. The summed E-state index contributed by atoms with van der Waals surface area (Å²) in [6.45, 7) is 7.84. The molecule has 7 nitrogen and oxygen atoms in total. The number of oxazole rings is 1. The van der Waals surface area contributed by atoms with Gasteiger partial charge in [0.05, 0.1) is 13.7 Å². The van der Waals surface area contributed by atoms with E-state index in [1.165, 1.54) is 17.4 Å². The highest BCUT2D eigenvalue weighted by atomic mass is 16.5. The molecule has 1 aliphatic rings. The van der Waals surface area contributed by atoms with Gasteiger partial charge in [0.25, 0.3) is 5.91 Å². The van der Waals surface area contributed by atoms with Crippen LogP contribution in [-0.4, -0.2) is 54.0 Å². The Labute approximate surface area is 189 Å². The molecule has 1 saturated heterocycles. The van der Waals surface area contributed by atoms with Crippen LogP contribution in [0.4, 0.5) is 0 Å². The molecule has 1 fully saturated rings. The van der Waals surface area contributed by atoms with Gasteiger partial charge in [-0.05, 0) is 30.2 Å². The molecule has 2 heterocycles. The predicted molar refractivity (Wildman–Crippen MR) is 122 cm³/mol. The largest absolute Gasteiger partial charge is 0.497 e. The molecule has 0 spiro atoms. The lowest BCUT2D eigenvalue weighted by atomic mass is 10.1. The number of benzene rings is 2. The van der Waals surface area contributed by atoms with Crippen molar-refractivity contribution in [1.29, 1.82) is 0 Å². The Morgan fingerprint density at radius 1 is 1.03 bits per heavy atom. The highest BCUT2D eigenvalue weighted by Crippen LogP contribution is 2.16. The van der Waals surface area contributed by atoms with Gasteiger partial charge in [0.1, 0.15) is 12.0 Å². The second-order valence-electron chi connectivity index (χ2n) is 8.20. The van der Waals surface area contributed by atoms with E-state index in [-0.39, 0.29) is 5.91 Å². The molecule has 1 aromatic heterocycles. The summed E-state index contributed by atoms with van der Waals surface area (Å²) in [6.07, 6.45) is 1.44. The zero-order valence-electron chi connectivity index (χ0n) is 18.7. The maximum absolute atomic E-state index is 12.4. The summed E-state index contributed by atoms with van der Waals surface area (Å²) in [5, 5.41) is 2.91. The topological polar surface area (TPSA) is 70.8 Å². The normalized spacial score (nSPS) is 14.9. The van der Waals surface area contributed by atoms with Crippen molar-refractivity contribution in [2.75, 3.05) is 33.3 Å². The Balaban J connectivity index is 1.23. The van der Waals surface area contributed by atoms with Gasteiger partial charge < -0.3 is 14.5 Å². The first-order valence-corrected chi connectivity index (χ1v) is 10.9. The van der Waals surface area contributed by atoms with Gasteiger partial charge in [0, 0.05) is 39.3 Å². The van der Waals surface area contributed by atoms with Gasteiger partial charge in [-0.25, -0.2) is 4.98 Å². The number of amides is 1. The van der Waals surface area contributed by atoms with Crippen LogP contribution < -0.4 is 10.1 Å². The zero-order chi connectivity index (χ0) is 22.3. The fourth-order valence-electron chi connectivity index (χ4n) is 3.91. The first-order chi connectivity index (χ1) is 15.6. The number of rotatable bonds is 8. The third-order valence-corrected chi connectivity index (χ3v) is 5.68. The quantitative estimate of drug-likeness (QED) is 0.587. The molecule has 7 heteroatoms. The minimum Gasteiger partial charge on any atom is -0.497 e. The molecular weight excluding hydrogens is 404 g/mol. The molecule has 0 unspecified atom stereocenters. The molecule has 1 aliphatic heterocycles. The summed E-state index contributed by atoms with van der Waals surface area (Å²) in [4.78, 5) is 21.5. The van der Waals surface area contributed by atoms with Crippen molar-refractivity contribution < 1.29 is 13.9 Å². The van der Waals surface area contributed by atoms with Crippen molar-refractivity contribution >= 4 is 5.91 Å². The SMILES string of the molecule is COc1cccc(CN2CCN(Cc3nc(C(=O)NCc4cccc(C)c4)co3)CC2)c1. The molecule has 0 aliphatic carbocycles. The second kappa shape index (κ2) is 10.4. The molecular formula is C25H30N4O3. The highest BCUT2D eigenvalue weighted by molar-refractivity contribution is 5.91. The van der Waals surface area contributed by atoms with Gasteiger partial charge in [-0.3, -0.25) is 14.6 Å². The fourth-order valence-corrected chi connectivity index (χ4v) is 3.91. The summed E-state index contributed by atoms with van der Waals surface area (Å²) < 4.78 is 10.9. The van der Waals surface area contributed by atoms with Gasteiger partial charge in [0.15, 0.2) is 5.69 Å². The van der Waals surface area contributed by atoms with Crippen molar-refractivity contribution in [2.45, 2.75) is 26.6 Å². The lowest BCUT2D eigenvalue weighted by Gasteiger charge is -2.34. The molecule has 1 amide bonds. The lowest BCUT2D eigenvalue weighted by Crippen LogP contribution is -2.45. The third kappa shape index (κ3) is 5.96. The monoisotopic (exact) mass is 434 g/mol. The Morgan fingerprint density at radius 2 is 1.75 bits per heavy atom. The molecule has 2 aromatic carbocycles. The molecule has 168 valence electrons. The molecule has 3 aromatic rings. The predicted octanol–water partition coefficient (Wildman–Crippen LogP) is 3.24. The summed E-state index contributed by atoms with van der Waals surface area (Å²) in [7, 11) is 1.69. The second-order valence-corrected chi connectivity index (χ2v) is 8.20. The van der Waals surface area contributed by atoms with Gasteiger partial charge in [0.2, 0.25) is 5.89 Å². The van der Waals surface area contributed by atoms with Crippen LogP contribution in [0.15, 0.2) is 59.2 Å². The third-order valence-electron chi connectivity index (χ3n) is 5.68. The number of nitrogens with zero attached hydrogens (tertiary/aromatic N) is 3. The lowest BCUT2D eigenvalue weighted by molar-refractivity contribution is 0.0945. The molecule has 0 atom stereocenters. The van der Waals surface area contributed by atoms with Crippen LogP contribution in [-0.2, 0) is 19.6 Å².